The summed E-state index contributed by atoms with van der Waals surface area (Å²) in [5.74, 6) is 0. The first kappa shape index (κ1) is 32.0. The van der Waals surface area contributed by atoms with E-state index in [-0.39, 0.29) is 5.41 Å². The number of para-hydroxylation sites is 1. The van der Waals surface area contributed by atoms with E-state index in [1.165, 1.54) is 77.0 Å². The van der Waals surface area contributed by atoms with Crippen LogP contribution in [-0.2, 0) is 5.41 Å². The number of hydrogen-bond acceptors (Lipinski definition) is 0. The molecule has 2 nitrogen and oxygen atoms in total. The molecule has 0 amide bonds. The van der Waals surface area contributed by atoms with Crippen LogP contribution in [-0.4, -0.2) is 9.13 Å². The lowest BCUT2D eigenvalue weighted by atomic mass is 9.82. The maximum atomic E-state index is 4.68. The number of aromatic nitrogens is 2. The normalized spacial score (nSPS) is 15.6. The maximum absolute atomic E-state index is 4.68. The molecule has 0 saturated heterocycles. The van der Waals surface area contributed by atoms with Gasteiger partial charge in [-0.05, 0) is 111 Å². The lowest BCUT2D eigenvalue weighted by Gasteiger charge is -2.22. The van der Waals surface area contributed by atoms with Crippen molar-refractivity contribution in [3.8, 4) is 33.6 Å². The highest BCUT2D eigenvalue weighted by Gasteiger charge is 2.35. The van der Waals surface area contributed by atoms with E-state index in [0.29, 0.717) is 0 Å². The van der Waals surface area contributed by atoms with Crippen molar-refractivity contribution in [2.24, 2.45) is 0 Å². The Hall–Kier alpha value is -6.64. The van der Waals surface area contributed by atoms with E-state index in [2.05, 4.69) is 212 Å². The van der Waals surface area contributed by atoms with Gasteiger partial charge in [-0.2, -0.15) is 0 Å². The van der Waals surface area contributed by atoms with Crippen molar-refractivity contribution in [1.82, 2.24) is 9.13 Å². The zero-order valence-electron chi connectivity index (χ0n) is 30.6. The molecule has 2 heteroatoms. The molecule has 0 radical (unpaired) electrons. The molecule has 10 rings (SSSR count). The third-order valence-electron chi connectivity index (χ3n) is 11.6. The standard InChI is InChI=1S/C52H40N2/c1-35(39-24-29-49-40(33-39)30-31-53(49)41-25-22-37(23-26-41)36-14-6-4-7-15-36)32-46-45-19-11-13-21-50(45)54(51(46)38-16-8-5-9-17-38)42-27-28-44-43-18-10-12-20-47(43)52(2,3)48(44)34-42/h4-16,18-34H,1,17H2,2-3H3/b46-32-,51-38+. The fourth-order valence-electron chi connectivity index (χ4n) is 8.79. The quantitative estimate of drug-likeness (QED) is 0.170. The van der Waals surface area contributed by atoms with Crippen molar-refractivity contribution in [3.63, 3.8) is 0 Å². The summed E-state index contributed by atoms with van der Waals surface area (Å²) in [6.07, 6.45) is 14.2. The number of allylic oxidation sites excluding steroid dienone is 5. The van der Waals surface area contributed by atoms with Crippen LogP contribution in [0.15, 0.2) is 183 Å². The fraction of sp³-hybridized carbons (Fsp3) is 0.0769. The van der Waals surface area contributed by atoms with Gasteiger partial charge in [-0.1, -0.05) is 142 Å². The summed E-state index contributed by atoms with van der Waals surface area (Å²) < 4.78 is 4.75. The van der Waals surface area contributed by atoms with E-state index in [0.717, 1.165) is 23.2 Å². The summed E-state index contributed by atoms with van der Waals surface area (Å²) >= 11 is 0. The Morgan fingerprint density at radius 1 is 0.648 bits per heavy atom. The van der Waals surface area contributed by atoms with Gasteiger partial charge >= 0.3 is 0 Å². The van der Waals surface area contributed by atoms with Gasteiger partial charge in [0.15, 0.2) is 0 Å². The molecule has 2 aliphatic carbocycles. The van der Waals surface area contributed by atoms with Crippen LogP contribution in [0.3, 0.4) is 0 Å². The SMILES string of the molecule is C=C(/C=c1\c(=C2\C=CC=CC2)n(-c2ccc3c(c2)C(C)(C)c2ccccc2-3)c2ccccc12)c1ccc2c(ccn2-c2ccc(-c3ccccc3)cc2)c1. The summed E-state index contributed by atoms with van der Waals surface area (Å²) in [7, 11) is 0. The van der Waals surface area contributed by atoms with Gasteiger partial charge in [0, 0.05) is 39.0 Å². The molecular formula is C52H40N2. The van der Waals surface area contributed by atoms with Gasteiger partial charge in [0.25, 0.3) is 0 Å². The van der Waals surface area contributed by atoms with Gasteiger partial charge < -0.3 is 9.13 Å². The molecule has 0 atom stereocenters. The Balaban J connectivity index is 1.09. The summed E-state index contributed by atoms with van der Waals surface area (Å²) in [4.78, 5) is 0. The molecule has 0 N–H and O–H groups in total. The predicted octanol–water partition coefficient (Wildman–Crippen LogP) is 11.7. The summed E-state index contributed by atoms with van der Waals surface area (Å²) in [6, 6.07) is 53.0. The average molecular weight is 693 g/mol. The van der Waals surface area contributed by atoms with E-state index in [4.69, 9.17) is 0 Å². The molecule has 2 aliphatic rings. The molecule has 6 aromatic carbocycles. The third-order valence-corrected chi connectivity index (χ3v) is 11.6. The van der Waals surface area contributed by atoms with Crippen molar-refractivity contribution in [2.45, 2.75) is 25.7 Å². The van der Waals surface area contributed by atoms with E-state index >= 15 is 0 Å². The smallest absolute Gasteiger partial charge is 0.0576 e. The monoisotopic (exact) mass is 692 g/mol. The van der Waals surface area contributed by atoms with Gasteiger partial charge in [0.1, 0.15) is 0 Å². The van der Waals surface area contributed by atoms with E-state index in [9.17, 15) is 0 Å². The van der Waals surface area contributed by atoms with Crippen LogP contribution in [0.4, 0.5) is 0 Å². The molecule has 2 heterocycles. The zero-order valence-corrected chi connectivity index (χ0v) is 30.6. The van der Waals surface area contributed by atoms with Crippen LogP contribution >= 0.6 is 0 Å². The van der Waals surface area contributed by atoms with Crippen LogP contribution < -0.4 is 10.6 Å². The van der Waals surface area contributed by atoms with Crippen LogP contribution in [0.5, 0.6) is 0 Å². The Morgan fingerprint density at radius 3 is 2.22 bits per heavy atom. The minimum absolute atomic E-state index is 0.0852. The number of nitrogens with zero attached hydrogens (tertiary/aromatic N) is 2. The second kappa shape index (κ2) is 12.5. The topological polar surface area (TPSA) is 9.86 Å². The summed E-state index contributed by atoms with van der Waals surface area (Å²) in [5.41, 5.74) is 15.9. The molecule has 0 aliphatic heterocycles. The van der Waals surface area contributed by atoms with Gasteiger partial charge in [-0.25, -0.2) is 0 Å². The third kappa shape index (κ3) is 5.09. The fourth-order valence-corrected chi connectivity index (χ4v) is 8.79. The Bertz CT molecular complexity index is 2980. The number of benzene rings is 6. The van der Waals surface area contributed by atoms with Crippen molar-refractivity contribution >= 4 is 39.0 Å². The number of rotatable bonds is 5. The van der Waals surface area contributed by atoms with Crippen LogP contribution in [0.25, 0.3) is 72.7 Å². The van der Waals surface area contributed by atoms with Crippen molar-refractivity contribution in [3.05, 3.63) is 210 Å². The molecule has 258 valence electrons. The highest BCUT2D eigenvalue weighted by atomic mass is 15.0. The first-order chi connectivity index (χ1) is 26.5. The van der Waals surface area contributed by atoms with E-state index in [1.807, 2.05) is 0 Å². The first-order valence-corrected chi connectivity index (χ1v) is 18.8. The molecule has 8 aromatic rings. The van der Waals surface area contributed by atoms with Gasteiger partial charge in [-0.3, -0.25) is 0 Å². The molecule has 0 bridgehead atoms. The Labute approximate surface area is 316 Å². The average Bonchev–Trinajstić information content (AvgIpc) is 3.87. The maximum Gasteiger partial charge on any atom is 0.0576 e. The minimum Gasteiger partial charge on any atom is -0.317 e. The van der Waals surface area contributed by atoms with Crippen LogP contribution in [0.1, 0.15) is 37.0 Å². The van der Waals surface area contributed by atoms with Gasteiger partial charge in [-0.15, -0.1) is 0 Å². The Morgan fingerprint density at radius 2 is 1.39 bits per heavy atom. The molecule has 2 aromatic heterocycles. The second-order valence-corrected chi connectivity index (χ2v) is 15.1. The predicted molar refractivity (Wildman–Crippen MR) is 229 cm³/mol. The van der Waals surface area contributed by atoms with Crippen LogP contribution in [0, 0.1) is 0 Å². The molecule has 0 unspecified atom stereocenters. The van der Waals surface area contributed by atoms with Gasteiger partial charge in [0.05, 0.1) is 16.4 Å². The lowest BCUT2D eigenvalue weighted by Crippen LogP contribution is -2.31. The first-order valence-electron chi connectivity index (χ1n) is 18.8. The zero-order chi connectivity index (χ0) is 36.4. The summed E-state index contributed by atoms with van der Waals surface area (Å²) in [5, 5.41) is 4.83. The highest BCUT2D eigenvalue weighted by molar-refractivity contribution is 5.96. The number of fused-ring (bicyclic) bond motifs is 5. The molecule has 0 spiro atoms. The molecule has 0 saturated carbocycles. The minimum atomic E-state index is -0.0852. The Kier molecular flexibility index (Phi) is 7.42. The summed E-state index contributed by atoms with van der Waals surface area (Å²) in [6.45, 7) is 9.39. The van der Waals surface area contributed by atoms with E-state index < -0.39 is 0 Å². The molecular weight excluding hydrogens is 653 g/mol. The second-order valence-electron chi connectivity index (χ2n) is 15.1. The highest BCUT2D eigenvalue weighted by Crippen LogP contribution is 2.49. The van der Waals surface area contributed by atoms with Crippen molar-refractivity contribution in [2.75, 3.05) is 0 Å². The molecule has 0 fully saturated rings. The van der Waals surface area contributed by atoms with Crippen molar-refractivity contribution < 1.29 is 0 Å². The lowest BCUT2D eigenvalue weighted by molar-refractivity contribution is 0.659. The molecule has 54 heavy (non-hydrogen) atoms. The van der Waals surface area contributed by atoms with E-state index in [1.54, 1.807) is 0 Å². The van der Waals surface area contributed by atoms with Gasteiger partial charge in [0.2, 0.25) is 0 Å². The largest absolute Gasteiger partial charge is 0.317 e. The van der Waals surface area contributed by atoms with Crippen molar-refractivity contribution in [1.29, 1.82) is 0 Å². The number of hydrogen-bond donors (Lipinski definition) is 0. The van der Waals surface area contributed by atoms with Crippen LogP contribution in [0.2, 0.25) is 0 Å².